The third-order valence-corrected chi connectivity index (χ3v) is 5.50. The van der Waals surface area contributed by atoms with Crippen LogP contribution in [0.4, 0.5) is 0 Å². The zero-order valence-electron chi connectivity index (χ0n) is 15.9. The quantitative estimate of drug-likeness (QED) is 0.386. The van der Waals surface area contributed by atoms with E-state index in [9.17, 15) is 4.79 Å². The van der Waals surface area contributed by atoms with E-state index in [4.69, 9.17) is 11.6 Å². The summed E-state index contributed by atoms with van der Waals surface area (Å²) < 4.78 is 2.10. The summed E-state index contributed by atoms with van der Waals surface area (Å²) in [4.78, 5) is 17.2. The molecule has 140 valence electrons. The smallest absolute Gasteiger partial charge is 0.163 e. The SMILES string of the molecule is Cc1cccc(C)c1-n1cnc2cc(C(=O)CCc3ccccc3Cl)ccc21. The molecule has 0 saturated heterocycles. The number of hydrogen-bond acceptors (Lipinski definition) is 2. The number of nitrogens with zero attached hydrogens (tertiary/aromatic N) is 2. The average Bonchev–Trinajstić information content (AvgIpc) is 3.10. The van der Waals surface area contributed by atoms with Gasteiger partial charge < -0.3 is 0 Å². The minimum atomic E-state index is 0.100. The van der Waals surface area contributed by atoms with Gasteiger partial charge in [0.2, 0.25) is 0 Å². The zero-order chi connectivity index (χ0) is 19.7. The first kappa shape index (κ1) is 18.5. The molecule has 0 aliphatic rings. The van der Waals surface area contributed by atoms with Crippen LogP contribution in [0.15, 0.2) is 67.0 Å². The molecule has 0 N–H and O–H groups in total. The number of carbonyl (C=O) groups is 1. The number of halogens is 1. The Hall–Kier alpha value is -2.91. The van der Waals surface area contributed by atoms with Crippen LogP contribution in [0, 0.1) is 13.8 Å². The van der Waals surface area contributed by atoms with Crippen LogP contribution >= 0.6 is 11.6 Å². The Kier molecular flexibility index (Phi) is 5.01. The molecule has 3 aromatic carbocycles. The predicted octanol–water partition coefficient (Wildman–Crippen LogP) is 6.11. The number of ketones is 1. The fraction of sp³-hybridized carbons (Fsp3) is 0.167. The Balaban J connectivity index is 1.61. The molecule has 0 saturated carbocycles. The van der Waals surface area contributed by atoms with Crippen molar-refractivity contribution in [1.82, 2.24) is 9.55 Å². The minimum Gasteiger partial charge on any atom is -0.298 e. The monoisotopic (exact) mass is 388 g/mol. The van der Waals surface area contributed by atoms with Crippen molar-refractivity contribution in [1.29, 1.82) is 0 Å². The minimum absolute atomic E-state index is 0.100. The largest absolute Gasteiger partial charge is 0.298 e. The number of Topliss-reactive ketones (excluding diaryl/α,β-unsaturated/α-hetero) is 1. The molecule has 0 unspecified atom stereocenters. The molecule has 0 atom stereocenters. The van der Waals surface area contributed by atoms with Crippen molar-refractivity contribution in [3.05, 3.63) is 94.3 Å². The van der Waals surface area contributed by atoms with E-state index < -0.39 is 0 Å². The topological polar surface area (TPSA) is 34.9 Å². The van der Waals surface area contributed by atoms with Gasteiger partial charge in [-0.15, -0.1) is 0 Å². The van der Waals surface area contributed by atoms with Crippen molar-refractivity contribution in [2.24, 2.45) is 0 Å². The molecule has 0 radical (unpaired) electrons. The maximum Gasteiger partial charge on any atom is 0.163 e. The zero-order valence-corrected chi connectivity index (χ0v) is 16.7. The summed E-state index contributed by atoms with van der Waals surface area (Å²) in [5, 5.41) is 0.707. The Bertz CT molecular complexity index is 1160. The number of aryl methyl sites for hydroxylation is 3. The standard InChI is InChI=1S/C24H21ClN2O/c1-16-6-5-7-17(2)24(16)27-15-26-21-14-19(10-12-22(21)27)23(28)13-11-18-8-3-4-9-20(18)25/h3-10,12,14-15H,11,13H2,1-2H3. The van der Waals surface area contributed by atoms with Crippen molar-refractivity contribution in [2.45, 2.75) is 26.7 Å². The molecule has 0 spiro atoms. The molecule has 3 nitrogen and oxygen atoms in total. The lowest BCUT2D eigenvalue weighted by Crippen LogP contribution is -2.02. The number of fused-ring (bicyclic) bond motifs is 1. The molecule has 1 aromatic heterocycles. The summed E-state index contributed by atoms with van der Waals surface area (Å²) in [6, 6.07) is 19.7. The van der Waals surface area contributed by atoms with Crippen LogP contribution in [-0.2, 0) is 6.42 Å². The highest BCUT2D eigenvalue weighted by molar-refractivity contribution is 6.31. The second-order valence-corrected chi connectivity index (χ2v) is 7.48. The van der Waals surface area contributed by atoms with Crippen LogP contribution in [0.3, 0.4) is 0 Å². The maximum atomic E-state index is 12.7. The molecule has 0 aliphatic carbocycles. The lowest BCUT2D eigenvalue weighted by Gasteiger charge is -2.11. The summed E-state index contributed by atoms with van der Waals surface area (Å²) in [5.41, 5.74) is 7.04. The second kappa shape index (κ2) is 7.61. The molecular weight excluding hydrogens is 368 g/mol. The van der Waals surface area contributed by atoms with Gasteiger partial charge >= 0.3 is 0 Å². The van der Waals surface area contributed by atoms with E-state index in [2.05, 4.69) is 41.6 Å². The van der Waals surface area contributed by atoms with Crippen molar-refractivity contribution in [3.63, 3.8) is 0 Å². The second-order valence-electron chi connectivity index (χ2n) is 7.07. The third-order valence-electron chi connectivity index (χ3n) is 5.13. The number of benzene rings is 3. The van der Waals surface area contributed by atoms with Gasteiger partial charge in [-0.2, -0.15) is 0 Å². The summed E-state index contributed by atoms with van der Waals surface area (Å²) in [6.45, 7) is 4.20. The predicted molar refractivity (Wildman–Crippen MR) is 115 cm³/mol. The highest BCUT2D eigenvalue weighted by Crippen LogP contribution is 2.25. The molecule has 0 amide bonds. The molecule has 28 heavy (non-hydrogen) atoms. The number of carbonyl (C=O) groups excluding carboxylic acids is 1. The fourth-order valence-corrected chi connectivity index (χ4v) is 3.87. The number of aromatic nitrogens is 2. The molecule has 4 rings (SSSR count). The Labute approximate surface area is 169 Å². The van der Waals surface area contributed by atoms with Gasteiger partial charge in [-0.05, 0) is 61.2 Å². The van der Waals surface area contributed by atoms with Crippen molar-refractivity contribution in [2.75, 3.05) is 0 Å². The van der Waals surface area contributed by atoms with Gasteiger partial charge in [-0.25, -0.2) is 4.98 Å². The number of para-hydroxylation sites is 1. The Morgan fingerprint density at radius 2 is 1.75 bits per heavy atom. The number of rotatable bonds is 5. The lowest BCUT2D eigenvalue weighted by molar-refractivity contribution is 0.0983. The highest BCUT2D eigenvalue weighted by Gasteiger charge is 2.13. The summed E-state index contributed by atoms with van der Waals surface area (Å²) in [7, 11) is 0. The summed E-state index contributed by atoms with van der Waals surface area (Å²) >= 11 is 6.19. The van der Waals surface area contributed by atoms with Crippen molar-refractivity contribution < 1.29 is 4.79 Å². The lowest BCUT2D eigenvalue weighted by atomic mass is 10.0. The van der Waals surface area contributed by atoms with E-state index >= 15 is 0 Å². The van der Waals surface area contributed by atoms with Gasteiger partial charge in [-0.1, -0.05) is 48.0 Å². The molecule has 4 heteroatoms. The Morgan fingerprint density at radius 1 is 1.00 bits per heavy atom. The van der Waals surface area contributed by atoms with Gasteiger partial charge in [0.25, 0.3) is 0 Å². The van der Waals surface area contributed by atoms with Crippen LogP contribution in [0.2, 0.25) is 5.02 Å². The van der Waals surface area contributed by atoms with Crippen molar-refractivity contribution in [3.8, 4) is 5.69 Å². The van der Waals surface area contributed by atoms with Crippen LogP contribution < -0.4 is 0 Å². The van der Waals surface area contributed by atoms with Gasteiger partial charge in [0.15, 0.2) is 5.78 Å². The van der Waals surface area contributed by atoms with E-state index in [1.165, 1.54) is 11.1 Å². The van der Waals surface area contributed by atoms with E-state index in [1.807, 2.05) is 48.8 Å². The molecule has 1 heterocycles. The van der Waals surface area contributed by atoms with Crippen LogP contribution in [-0.4, -0.2) is 15.3 Å². The first-order valence-electron chi connectivity index (χ1n) is 9.35. The molecule has 0 bridgehead atoms. The fourth-order valence-electron chi connectivity index (χ4n) is 3.64. The number of imidazole rings is 1. The van der Waals surface area contributed by atoms with Crippen LogP contribution in [0.5, 0.6) is 0 Å². The highest BCUT2D eigenvalue weighted by atomic mass is 35.5. The normalized spacial score (nSPS) is 11.1. The molecular formula is C24H21ClN2O. The van der Waals surface area contributed by atoms with Crippen LogP contribution in [0.1, 0.15) is 33.5 Å². The summed E-state index contributed by atoms with van der Waals surface area (Å²) in [5.74, 6) is 0.100. The Morgan fingerprint density at radius 3 is 2.50 bits per heavy atom. The molecule has 0 aliphatic heterocycles. The number of hydrogen-bond donors (Lipinski definition) is 0. The van der Waals surface area contributed by atoms with E-state index in [0.29, 0.717) is 23.4 Å². The van der Waals surface area contributed by atoms with E-state index in [-0.39, 0.29) is 5.78 Å². The van der Waals surface area contributed by atoms with E-state index in [0.717, 1.165) is 22.3 Å². The van der Waals surface area contributed by atoms with Gasteiger partial charge in [-0.3, -0.25) is 9.36 Å². The first-order chi connectivity index (χ1) is 13.5. The summed E-state index contributed by atoms with van der Waals surface area (Å²) in [6.07, 6.45) is 2.89. The van der Waals surface area contributed by atoms with Crippen molar-refractivity contribution >= 4 is 28.4 Å². The van der Waals surface area contributed by atoms with E-state index in [1.54, 1.807) is 0 Å². The van der Waals surface area contributed by atoms with Gasteiger partial charge in [0, 0.05) is 17.0 Å². The molecule has 4 aromatic rings. The first-order valence-corrected chi connectivity index (χ1v) is 9.72. The molecule has 0 fully saturated rings. The maximum absolute atomic E-state index is 12.7. The third kappa shape index (κ3) is 3.46. The average molecular weight is 389 g/mol. The van der Waals surface area contributed by atoms with Gasteiger partial charge in [0.1, 0.15) is 6.33 Å². The van der Waals surface area contributed by atoms with Crippen LogP contribution in [0.25, 0.3) is 16.7 Å². The van der Waals surface area contributed by atoms with Gasteiger partial charge in [0.05, 0.1) is 16.7 Å².